The van der Waals surface area contributed by atoms with Gasteiger partial charge in [-0.1, -0.05) is 36.4 Å². The molecule has 4 heteroatoms. The third-order valence-electron chi connectivity index (χ3n) is 3.05. The van der Waals surface area contributed by atoms with Crippen molar-refractivity contribution in [3.63, 3.8) is 0 Å². The predicted octanol–water partition coefficient (Wildman–Crippen LogP) is 3.83. The smallest absolute Gasteiger partial charge is 0.336 e. The van der Waals surface area contributed by atoms with E-state index in [0.717, 1.165) is 10.1 Å². The second-order valence-corrected chi connectivity index (χ2v) is 5.41. The molecule has 0 aliphatic heterocycles. The van der Waals surface area contributed by atoms with E-state index in [4.69, 9.17) is 5.11 Å². The summed E-state index contributed by atoms with van der Waals surface area (Å²) >= 11 is 1.38. The van der Waals surface area contributed by atoms with Gasteiger partial charge in [0.05, 0.1) is 10.4 Å². The Labute approximate surface area is 119 Å². The summed E-state index contributed by atoms with van der Waals surface area (Å²) in [7, 11) is 0. The first kappa shape index (κ1) is 12.6. The third kappa shape index (κ3) is 2.10. The highest BCUT2D eigenvalue weighted by molar-refractivity contribution is 7.21. The number of benzene rings is 2. The zero-order valence-corrected chi connectivity index (χ0v) is 11.2. The number of rotatable bonds is 3. The summed E-state index contributed by atoms with van der Waals surface area (Å²) in [5.41, 5.74) is 0.265. The number of aromatic carboxylic acids is 1. The van der Waals surface area contributed by atoms with Crippen molar-refractivity contribution in [1.82, 2.24) is 0 Å². The van der Waals surface area contributed by atoms with Gasteiger partial charge < -0.3 is 5.11 Å². The van der Waals surface area contributed by atoms with Gasteiger partial charge in [-0.3, -0.25) is 4.79 Å². The maximum atomic E-state index is 12.5. The van der Waals surface area contributed by atoms with Gasteiger partial charge in [-0.05, 0) is 23.6 Å². The van der Waals surface area contributed by atoms with Gasteiger partial charge >= 0.3 is 5.97 Å². The van der Waals surface area contributed by atoms with E-state index in [1.165, 1.54) is 17.4 Å². The van der Waals surface area contributed by atoms with Crippen molar-refractivity contribution in [2.24, 2.45) is 0 Å². The molecule has 0 unspecified atom stereocenters. The van der Waals surface area contributed by atoms with E-state index in [1.807, 2.05) is 24.3 Å². The molecule has 1 N–H and O–H groups in total. The molecule has 1 heterocycles. The molecule has 98 valence electrons. The molecule has 0 bridgehead atoms. The Kier molecular flexibility index (Phi) is 3.08. The van der Waals surface area contributed by atoms with E-state index in [2.05, 4.69) is 0 Å². The summed E-state index contributed by atoms with van der Waals surface area (Å²) in [6.07, 6.45) is 0. The highest BCUT2D eigenvalue weighted by atomic mass is 32.1. The van der Waals surface area contributed by atoms with Gasteiger partial charge in [0.15, 0.2) is 0 Å². The summed E-state index contributed by atoms with van der Waals surface area (Å²) in [6.45, 7) is 0. The van der Waals surface area contributed by atoms with Gasteiger partial charge in [-0.15, -0.1) is 11.3 Å². The molecular weight excluding hydrogens is 272 g/mol. The molecule has 3 aromatic rings. The molecule has 3 rings (SSSR count). The number of carboxylic acids is 1. The maximum absolute atomic E-state index is 12.5. The van der Waals surface area contributed by atoms with Crippen molar-refractivity contribution in [3.05, 3.63) is 70.6 Å². The van der Waals surface area contributed by atoms with Crippen LogP contribution >= 0.6 is 11.3 Å². The van der Waals surface area contributed by atoms with Crippen LogP contribution in [0.1, 0.15) is 25.6 Å². The second kappa shape index (κ2) is 4.90. The molecule has 20 heavy (non-hydrogen) atoms. The number of carboxylic acid groups (broad SMARTS) is 1. The van der Waals surface area contributed by atoms with Crippen LogP contribution in [0.5, 0.6) is 0 Å². The van der Waals surface area contributed by atoms with Gasteiger partial charge in [0.25, 0.3) is 0 Å². The van der Waals surface area contributed by atoms with Gasteiger partial charge in [0.2, 0.25) is 5.78 Å². The van der Waals surface area contributed by atoms with Crippen molar-refractivity contribution >= 4 is 33.2 Å². The molecule has 3 nitrogen and oxygen atoms in total. The maximum Gasteiger partial charge on any atom is 0.336 e. The normalized spacial score (nSPS) is 10.6. The first-order valence-electron chi connectivity index (χ1n) is 6.02. The molecule has 0 spiro atoms. The van der Waals surface area contributed by atoms with Crippen LogP contribution in [0, 0.1) is 0 Å². The van der Waals surface area contributed by atoms with Crippen molar-refractivity contribution in [2.45, 2.75) is 0 Å². The van der Waals surface area contributed by atoms with Gasteiger partial charge in [0.1, 0.15) is 0 Å². The summed E-state index contributed by atoms with van der Waals surface area (Å²) in [5, 5.41) is 10.1. The molecule has 2 aromatic carbocycles. The van der Waals surface area contributed by atoms with Crippen molar-refractivity contribution < 1.29 is 14.7 Å². The van der Waals surface area contributed by atoms with E-state index in [1.54, 1.807) is 24.3 Å². The molecule has 0 atom stereocenters. The number of thiophene rings is 1. The summed E-state index contributed by atoms with van der Waals surface area (Å²) in [4.78, 5) is 24.2. The molecule has 0 saturated carbocycles. The highest BCUT2D eigenvalue weighted by Crippen LogP contribution is 2.27. The second-order valence-electron chi connectivity index (χ2n) is 4.33. The fraction of sp³-hybridized carbons (Fsp3) is 0. The Balaban J connectivity index is 2.11. The Hall–Kier alpha value is -2.46. The lowest BCUT2D eigenvalue weighted by Gasteiger charge is -2.02. The van der Waals surface area contributed by atoms with E-state index < -0.39 is 5.97 Å². The zero-order chi connectivity index (χ0) is 14.1. The zero-order valence-electron chi connectivity index (χ0n) is 10.4. The van der Waals surface area contributed by atoms with Crippen LogP contribution in [0.3, 0.4) is 0 Å². The molecule has 0 radical (unpaired) electrons. The lowest BCUT2D eigenvalue weighted by atomic mass is 10.0. The van der Waals surface area contributed by atoms with Crippen molar-refractivity contribution in [2.75, 3.05) is 0 Å². The van der Waals surface area contributed by atoms with Crippen LogP contribution in [0.15, 0.2) is 54.6 Å². The van der Waals surface area contributed by atoms with Gasteiger partial charge in [-0.2, -0.15) is 0 Å². The van der Waals surface area contributed by atoms with E-state index in [9.17, 15) is 9.59 Å². The van der Waals surface area contributed by atoms with E-state index in [0.29, 0.717) is 4.88 Å². The lowest BCUT2D eigenvalue weighted by Crippen LogP contribution is -2.08. The molecule has 0 aliphatic carbocycles. The number of fused-ring (bicyclic) bond motifs is 1. The summed E-state index contributed by atoms with van der Waals surface area (Å²) < 4.78 is 1.02. The summed E-state index contributed by atoms with van der Waals surface area (Å²) in [6, 6.07) is 15.8. The van der Waals surface area contributed by atoms with E-state index >= 15 is 0 Å². The summed E-state index contributed by atoms with van der Waals surface area (Å²) in [5.74, 6) is -1.33. The average molecular weight is 282 g/mol. The molecule has 0 amide bonds. The van der Waals surface area contributed by atoms with Crippen molar-refractivity contribution in [3.8, 4) is 0 Å². The largest absolute Gasteiger partial charge is 0.478 e. The number of carbonyl (C=O) groups is 2. The molecule has 1 aromatic heterocycles. The van der Waals surface area contributed by atoms with Gasteiger partial charge in [-0.25, -0.2) is 4.79 Å². The lowest BCUT2D eigenvalue weighted by molar-refractivity contribution is 0.0693. The topological polar surface area (TPSA) is 54.4 Å². The molecule has 0 fully saturated rings. The minimum atomic E-state index is -1.09. The first-order chi connectivity index (χ1) is 9.66. The molecule has 0 aliphatic rings. The fourth-order valence-electron chi connectivity index (χ4n) is 2.09. The van der Waals surface area contributed by atoms with Crippen molar-refractivity contribution in [1.29, 1.82) is 0 Å². The molecule has 0 saturated heterocycles. The highest BCUT2D eigenvalue weighted by Gasteiger charge is 2.18. The predicted molar refractivity (Wildman–Crippen MR) is 78.7 cm³/mol. The fourth-order valence-corrected chi connectivity index (χ4v) is 3.11. The van der Waals surface area contributed by atoms with Crippen LogP contribution in [0.25, 0.3) is 10.1 Å². The Bertz CT molecular complexity index is 784. The van der Waals surface area contributed by atoms with Crippen LogP contribution in [-0.2, 0) is 0 Å². The molecular formula is C16H10O3S. The SMILES string of the molecule is O=C(O)c1ccccc1C(=O)c1cc2ccccc2s1. The monoisotopic (exact) mass is 282 g/mol. The minimum Gasteiger partial charge on any atom is -0.478 e. The Morgan fingerprint density at radius 2 is 1.55 bits per heavy atom. The number of carbonyl (C=O) groups excluding carboxylic acids is 1. The minimum absolute atomic E-state index is 0.0370. The third-order valence-corrected chi connectivity index (χ3v) is 4.17. The van der Waals surface area contributed by atoms with Crippen LogP contribution in [-0.4, -0.2) is 16.9 Å². The Morgan fingerprint density at radius 3 is 2.25 bits per heavy atom. The van der Waals surface area contributed by atoms with Crippen LogP contribution in [0.4, 0.5) is 0 Å². The quantitative estimate of drug-likeness (QED) is 0.743. The standard InChI is InChI=1S/C16H10O3S/c17-15(11-6-2-3-7-12(11)16(18)19)14-9-10-5-1-4-8-13(10)20-14/h1-9H,(H,18,19). The first-order valence-corrected chi connectivity index (χ1v) is 6.84. The number of hydrogen-bond acceptors (Lipinski definition) is 3. The number of hydrogen-bond donors (Lipinski definition) is 1. The Morgan fingerprint density at radius 1 is 0.900 bits per heavy atom. The van der Waals surface area contributed by atoms with E-state index in [-0.39, 0.29) is 16.9 Å². The average Bonchev–Trinajstić information content (AvgIpc) is 2.90. The van der Waals surface area contributed by atoms with Gasteiger partial charge in [0, 0.05) is 10.3 Å². The van der Waals surface area contributed by atoms with Crippen LogP contribution < -0.4 is 0 Å². The van der Waals surface area contributed by atoms with Crippen LogP contribution in [0.2, 0.25) is 0 Å². The number of ketones is 1.